The maximum absolute atomic E-state index is 12.4. The molecule has 0 bridgehead atoms. The van der Waals surface area contributed by atoms with E-state index in [1.54, 1.807) is 18.2 Å². The topological polar surface area (TPSA) is 78.0 Å². The molecular weight excluding hydrogens is 290 g/mol. The Hall–Kier alpha value is -2.14. The minimum absolute atomic E-state index is 0.294. The number of hydrogen-bond donors (Lipinski definition) is 1. The minimum atomic E-state index is -0.592. The van der Waals surface area contributed by atoms with Crippen LogP contribution in [0.2, 0.25) is 5.02 Å². The number of hydrogen-bond acceptors (Lipinski definition) is 3. The second kappa shape index (κ2) is 6.54. The molecule has 1 unspecified atom stereocenters. The zero-order valence-electron chi connectivity index (χ0n) is 11.6. The highest BCUT2D eigenvalue weighted by atomic mass is 35.5. The molecule has 0 aliphatic rings. The SMILES string of the molecule is CCC(C(N)=O)c1ccnn(Cc2cccc(Cl)c2)c1=O. The molecule has 0 aliphatic carbocycles. The maximum atomic E-state index is 12.4. The van der Waals surface area contributed by atoms with Gasteiger partial charge in [-0.05, 0) is 30.2 Å². The van der Waals surface area contributed by atoms with Gasteiger partial charge in [-0.3, -0.25) is 9.59 Å². The van der Waals surface area contributed by atoms with Crippen LogP contribution in [0.25, 0.3) is 0 Å². The molecule has 0 spiro atoms. The van der Waals surface area contributed by atoms with E-state index < -0.39 is 11.8 Å². The van der Waals surface area contributed by atoms with Crippen molar-refractivity contribution in [3.8, 4) is 0 Å². The molecule has 0 fully saturated rings. The molecule has 0 radical (unpaired) electrons. The normalized spacial score (nSPS) is 12.1. The van der Waals surface area contributed by atoms with E-state index in [4.69, 9.17) is 17.3 Å². The van der Waals surface area contributed by atoms with Crippen LogP contribution < -0.4 is 11.3 Å². The van der Waals surface area contributed by atoms with Gasteiger partial charge in [0, 0.05) is 16.8 Å². The lowest BCUT2D eigenvalue weighted by Gasteiger charge is -2.12. The van der Waals surface area contributed by atoms with Crippen LogP contribution in [0.1, 0.15) is 30.4 Å². The monoisotopic (exact) mass is 305 g/mol. The summed E-state index contributed by atoms with van der Waals surface area (Å²) in [5.41, 5.74) is 6.28. The number of carbonyl (C=O) groups is 1. The number of primary amides is 1. The molecule has 2 aromatic rings. The Balaban J connectivity index is 2.38. The number of halogens is 1. The van der Waals surface area contributed by atoms with E-state index in [0.29, 0.717) is 23.6 Å². The Morgan fingerprint density at radius 1 is 1.43 bits per heavy atom. The minimum Gasteiger partial charge on any atom is -0.369 e. The summed E-state index contributed by atoms with van der Waals surface area (Å²) in [6.45, 7) is 2.11. The first kappa shape index (κ1) is 15.3. The first-order valence-electron chi connectivity index (χ1n) is 6.62. The maximum Gasteiger partial charge on any atom is 0.271 e. The zero-order valence-corrected chi connectivity index (χ0v) is 12.4. The van der Waals surface area contributed by atoms with E-state index in [-0.39, 0.29) is 5.56 Å². The fourth-order valence-electron chi connectivity index (χ4n) is 2.23. The van der Waals surface area contributed by atoms with Gasteiger partial charge in [0.25, 0.3) is 5.56 Å². The van der Waals surface area contributed by atoms with Crippen molar-refractivity contribution < 1.29 is 4.79 Å². The lowest BCUT2D eigenvalue weighted by molar-refractivity contribution is -0.119. The van der Waals surface area contributed by atoms with Crippen molar-refractivity contribution in [2.24, 2.45) is 5.73 Å². The lowest BCUT2D eigenvalue weighted by Crippen LogP contribution is -2.32. The number of benzene rings is 1. The van der Waals surface area contributed by atoms with Crippen LogP contribution in [0.4, 0.5) is 0 Å². The van der Waals surface area contributed by atoms with Crippen molar-refractivity contribution in [2.75, 3.05) is 0 Å². The van der Waals surface area contributed by atoms with Crippen LogP contribution in [-0.4, -0.2) is 15.7 Å². The molecule has 2 rings (SSSR count). The van der Waals surface area contributed by atoms with Crippen LogP contribution >= 0.6 is 11.6 Å². The molecule has 6 heteroatoms. The van der Waals surface area contributed by atoms with E-state index >= 15 is 0 Å². The summed E-state index contributed by atoms with van der Waals surface area (Å²) in [5.74, 6) is -1.10. The summed E-state index contributed by atoms with van der Waals surface area (Å²) in [4.78, 5) is 23.9. The molecule has 1 heterocycles. The van der Waals surface area contributed by atoms with Crippen LogP contribution in [0.3, 0.4) is 0 Å². The smallest absolute Gasteiger partial charge is 0.271 e. The van der Waals surface area contributed by atoms with Gasteiger partial charge in [0.05, 0.1) is 12.5 Å². The largest absolute Gasteiger partial charge is 0.369 e. The number of nitrogens with zero attached hydrogens (tertiary/aromatic N) is 2. The molecule has 0 saturated carbocycles. The molecule has 1 aromatic heterocycles. The Kier molecular flexibility index (Phi) is 4.75. The molecule has 0 aliphatic heterocycles. The average Bonchev–Trinajstić information content (AvgIpc) is 2.43. The summed E-state index contributed by atoms with van der Waals surface area (Å²) < 4.78 is 1.31. The van der Waals surface area contributed by atoms with E-state index in [1.165, 1.54) is 10.9 Å². The van der Waals surface area contributed by atoms with Crippen molar-refractivity contribution in [3.63, 3.8) is 0 Å². The Morgan fingerprint density at radius 2 is 2.19 bits per heavy atom. The van der Waals surface area contributed by atoms with Gasteiger partial charge in [-0.15, -0.1) is 0 Å². The van der Waals surface area contributed by atoms with Crippen LogP contribution in [-0.2, 0) is 11.3 Å². The molecular formula is C15H16ClN3O2. The molecule has 1 aromatic carbocycles. The fourth-order valence-corrected chi connectivity index (χ4v) is 2.44. The number of rotatable bonds is 5. The van der Waals surface area contributed by atoms with E-state index in [1.807, 2.05) is 19.1 Å². The van der Waals surface area contributed by atoms with Gasteiger partial charge in [0.1, 0.15) is 0 Å². The van der Waals surface area contributed by atoms with E-state index in [9.17, 15) is 9.59 Å². The van der Waals surface area contributed by atoms with Gasteiger partial charge in [-0.2, -0.15) is 5.10 Å². The van der Waals surface area contributed by atoms with Crippen LogP contribution in [0, 0.1) is 0 Å². The zero-order chi connectivity index (χ0) is 15.4. The fraction of sp³-hybridized carbons (Fsp3) is 0.267. The molecule has 0 saturated heterocycles. The highest BCUT2D eigenvalue weighted by Gasteiger charge is 2.20. The molecule has 1 atom stereocenters. The second-order valence-corrected chi connectivity index (χ2v) is 5.18. The lowest BCUT2D eigenvalue weighted by atomic mass is 9.98. The molecule has 110 valence electrons. The molecule has 5 nitrogen and oxygen atoms in total. The summed E-state index contributed by atoms with van der Waals surface area (Å²) >= 11 is 5.93. The molecule has 2 N–H and O–H groups in total. The summed E-state index contributed by atoms with van der Waals surface area (Å²) in [6, 6.07) is 8.75. The van der Waals surface area contributed by atoms with Gasteiger partial charge >= 0.3 is 0 Å². The van der Waals surface area contributed by atoms with Crippen molar-refractivity contribution in [1.82, 2.24) is 9.78 Å². The predicted molar refractivity (Wildman–Crippen MR) is 81.3 cm³/mol. The number of carbonyl (C=O) groups excluding carboxylic acids is 1. The Morgan fingerprint density at radius 3 is 2.81 bits per heavy atom. The quantitative estimate of drug-likeness (QED) is 0.916. The van der Waals surface area contributed by atoms with Gasteiger partial charge < -0.3 is 5.73 Å². The van der Waals surface area contributed by atoms with Crippen molar-refractivity contribution in [1.29, 1.82) is 0 Å². The highest BCUT2D eigenvalue weighted by molar-refractivity contribution is 6.30. The van der Waals surface area contributed by atoms with Crippen molar-refractivity contribution in [2.45, 2.75) is 25.8 Å². The summed E-state index contributed by atoms with van der Waals surface area (Å²) in [7, 11) is 0. The standard InChI is InChI=1S/C15H16ClN3O2/c1-2-12(14(17)20)13-6-7-18-19(15(13)21)9-10-4-3-5-11(16)8-10/h3-8,12H,2,9H2,1H3,(H2,17,20). The predicted octanol–water partition coefficient (Wildman–Crippen LogP) is 1.92. The van der Waals surface area contributed by atoms with Crippen molar-refractivity contribution >= 4 is 17.5 Å². The number of amides is 1. The summed E-state index contributed by atoms with van der Waals surface area (Å²) in [5, 5.41) is 4.65. The van der Waals surface area contributed by atoms with Crippen LogP contribution in [0.5, 0.6) is 0 Å². The summed E-state index contributed by atoms with van der Waals surface area (Å²) in [6.07, 6.45) is 1.98. The molecule has 1 amide bonds. The van der Waals surface area contributed by atoms with E-state index in [2.05, 4.69) is 5.10 Å². The van der Waals surface area contributed by atoms with E-state index in [0.717, 1.165) is 5.56 Å². The second-order valence-electron chi connectivity index (χ2n) is 4.74. The first-order valence-corrected chi connectivity index (χ1v) is 7.00. The van der Waals surface area contributed by atoms with Gasteiger partial charge in [0.15, 0.2) is 0 Å². The van der Waals surface area contributed by atoms with Gasteiger partial charge in [-0.25, -0.2) is 4.68 Å². The van der Waals surface area contributed by atoms with Crippen molar-refractivity contribution in [3.05, 3.63) is 63.0 Å². The third kappa shape index (κ3) is 3.49. The van der Waals surface area contributed by atoms with Gasteiger partial charge in [0.2, 0.25) is 5.91 Å². The number of aromatic nitrogens is 2. The highest BCUT2D eigenvalue weighted by Crippen LogP contribution is 2.15. The van der Waals surface area contributed by atoms with Crippen LogP contribution in [0.15, 0.2) is 41.3 Å². The third-order valence-electron chi connectivity index (χ3n) is 3.29. The van der Waals surface area contributed by atoms with Gasteiger partial charge in [-0.1, -0.05) is 30.7 Å². The average molecular weight is 306 g/mol. The Labute approximate surface area is 127 Å². The first-order chi connectivity index (χ1) is 10.0. The number of nitrogens with two attached hydrogens (primary N) is 1. The Bertz CT molecular complexity index is 712. The molecule has 21 heavy (non-hydrogen) atoms. The third-order valence-corrected chi connectivity index (χ3v) is 3.53.